The largest absolute Gasteiger partial charge is 0.385 e. The van der Waals surface area contributed by atoms with E-state index in [4.69, 9.17) is 10.5 Å². The number of para-hydroxylation sites is 1. The zero-order chi connectivity index (χ0) is 28.5. The molecule has 1 fully saturated rings. The van der Waals surface area contributed by atoms with E-state index < -0.39 is 0 Å². The van der Waals surface area contributed by atoms with Crippen molar-refractivity contribution in [3.8, 4) is 0 Å². The maximum atomic E-state index is 13.4. The van der Waals surface area contributed by atoms with Gasteiger partial charge in [-0.25, -0.2) is 4.79 Å². The minimum atomic E-state index is -0.262. The molecule has 1 aliphatic rings. The number of hydrogen-bond donors (Lipinski definition) is 3. The number of amides is 3. The number of nitrogens with one attached hydrogen (secondary N) is 2. The van der Waals surface area contributed by atoms with E-state index >= 15 is 0 Å². The number of benzene rings is 2. The number of ether oxygens (including phenoxy) is 1. The third-order valence-electron chi connectivity index (χ3n) is 7.85. The lowest BCUT2D eigenvalue weighted by Crippen LogP contribution is -2.42. The fraction of sp³-hybridized carbons (Fsp3) is 0.500. The van der Waals surface area contributed by atoms with Crippen LogP contribution in [0.3, 0.4) is 0 Å². The molecular formula is C32H45N5O3. The van der Waals surface area contributed by atoms with Gasteiger partial charge in [0.25, 0.3) is 0 Å². The summed E-state index contributed by atoms with van der Waals surface area (Å²) in [5.74, 6) is 0.432. The van der Waals surface area contributed by atoms with Gasteiger partial charge in [-0.2, -0.15) is 0 Å². The quantitative estimate of drug-likeness (QED) is 0.272. The molecule has 3 aromatic rings. The number of nitrogens with zero attached hydrogens (tertiary/aromatic N) is 2. The zero-order valence-electron chi connectivity index (χ0n) is 24.2. The Balaban J connectivity index is 1.37. The SMILES string of the molecule is CCCNC(=O)Nc1ccc(CC(N)CC(=O)N2CCCC(c3c(C)c4ccccc4n3CCCOC)C2)cc1. The summed E-state index contributed by atoms with van der Waals surface area (Å²) >= 11 is 0. The van der Waals surface area contributed by atoms with Crippen LogP contribution in [0, 0.1) is 6.92 Å². The summed E-state index contributed by atoms with van der Waals surface area (Å²) < 4.78 is 7.79. The molecule has 216 valence electrons. The Morgan fingerprint density at radius 2 is 1.93 bits per heavy atom. The van der Waals surface area contributed by atoms with Crippen molar-refractivity contribution in [3.05, 3.63) is 65.4 Å². The van der Waals surface area contributed by atoms with Crippen LogP contribution in [0.4, 0.5) is 10.5 Å². The number of nitrogens with two attached hydrogens (primary N) is 1. The molecule has 4 rings (SSSR count). The molecule has 3 amide bonds. The Bertz CT molecular complexity index is 1270. The summed E-state index contributed by atoms with van der Waals surface area (Å²) in [6.45, 7) is 8.02. The predicted molar refractivity (Wildman–Crippen MR) is 162 cm³/mol. The molecule has 0 bridgehead atoms. The van der Waals surface area contributed by atoms with Gasteiger partial charge in [-0.1, -0.05) is 37.3 Å². The van der Waals surface area contributed by atoms with Crippen molar-refractivity contribution < 1.29 is 14.3 Å². The highest BCUT2D eigenvalue weighted by atomic mass is 16.5. The first-order chi connectivity index (χ1) is 19.4. The molecule has 8 heteroatoms. The average molecular weight is 548 g/mol. The molecule has 2 unspecified atom stereocenters. The molecule has 1 saturated heterocycles. The third-order valence-corrected chi connectivity index (χ3v) is 7.85. The summed E-state index contributed by atoms with van der Waals surface area (Å²) in [5, 5.41) is 6.92. The monoisotopic (exact) mass is 547 g/mol. The normalized spacial score (nSPS) is 16.2. The molecule has 2 aromatic carbocycles. The van der Waals surface area contributed by atoms with Gasteiger partial charge >= 0.3 is 6.03 Å². The van der Waals surface area contributed by atoms with Crippen LogP contribution in [-0.4, -0.2) is 60.8 Å². The predicted octanol–water partition coefficient (Wildman–Crippen LogP) is 5.18. The lowest BCUT2D eigenvalue weighted by atomic mass is 9.91. The Kier molecular flexibility index (Phi) is 10.6. The molecule has 0 aliphatic carbocycles. The highest BCUT2D eigenvalue weighted by Crippen LogP contribution is 2.36. The highest BCUT2D eigenvalue weighted by molar-refractivity contribution is 5.89. The number of methoxy groups -OCH3 is 1. The summed E-state index contributed by atoms with van der Waals surface area (Å²) in [6.07, 6.45) is 4.84. The van der Waals surface area contributed by atoms with Gasteiger partial charge in [0, 0.05) is 80.6 Å². The first-order valence-corrected chi connectivity index (χ1v) is 14.6. The number of aryl methyl sites for hydroxylation is 2. The Hall–Kier alpha value is -3.36. The second-order valence-corrected chi connectivity index (χ2v) is 11.0. The Morgan fingerprint density at radius 1 is 1.15 bits per heavy atom. The summed E-state index contributed by atoms with van der Waals surface area (Å²) in [7, 11) is 1.75. The lowest BCUT2D eigenvalue weighted by molar-refractivity contribution is -0.132. The van der Waals surface area contributed by atoms with Crippen LogP contribution in [0.15, 0.2) is 48.5 Å². The lowest BCUT2D eigenvalue weighted by Gasteiger charge is -2.34. The number of fused-ring (bicyclic) bond motifs is 1. The van der Waals surface area contributed by atoms with Gasteiger partial charge in [-0.3, -0.25) is 4.79 Å². The molecule has 2 atom stereocenters. The number of likely N-dealkylation sites (tertiary alicyclic amines) is 1. The number of hydrogen-bond acceptors (Lipinski definition) is 4. The Labute approximate surface area is 238 Å². The average Bonchev–Trinajstić information content (AvgIpc) is 3.24. The second kappa shape index (κ2) is 14.3. The maximum Gasteiger partial charge on any atom is 0.319 e. The number of urea groups is 1. The first kappa shape index (κ1) is 29.6. The van der Waals surface area contributed by atoms with Gasteiger partial charge in [-0.05, 0) is 68.4 Å². The molecule has 1 aliphatic heterocycles. The van der Waals surface area contributed by atoms with Crippen LogP contribution in [0.1, 0.15) is 61.8 Å². The topological polar surface area (TPSA) is 102 Å². The molecule has 0 spiro atoms. The van der Waals surface area contributed by atoms with Crippen molar-refractivity contribution in [1.82, 2.24) is 14.8 Å². The molecule has 40 heavy (non-hydrogen) atoms. The van der Waals surface area contributed by atoms with Crippen LogP contribution >= 0.6 is 0 Å². The molecule has 2 heterocycles. The van der Waals surface area contributed by atoms with E-state index in [1.54, 1.807) is 7.11 Å². The van der Waals surface area contributed by atoms with E-state index in [0.29, 0.717) is 25.3 Å². The van der Waals surface area contributed by atoms with E-state index in [1.807, 2.05) is 36.1 Å². The number of rotatable bonds is 12. The number of carbonyl (C=O) groups excluding carboxylic acids is 2. The number of piperidine rings is 1. The maximum absolute atomic E-state index is 13.4. The standard InChI is InChI=1S/C32H45N5O3/c1-4-16-34-32(39)35-27-14-12-24(13-15-27)20-26(33)21-30(38)36-17-7-9-25(22-36)31-23(2)28-10-5-6-11-29(28)37(31)18-8-19-40-3/h5-6,10-15,25-26H,4,7-9,16-22,33H2,1-3H3,(H2,34,35,39). The van der Waals surface area contributed by atoms with Crippen molar-refractivity contribution in [2.24, 2.45) is 5.73 Å². The van der Waals surface area contributed by atoms with E-state index in [-0.39, 0.29) is 18.0 Å². The minimum absolute atomic E-state index is 0.128. The van der Waals surface area contributed by atoms with Crippen molar-refractivity contribution >= 4 is 28.5 Å². The number of aromatic nitrogens is 1. The van der Waals surface area contributed by atoms with Crippen molar-refractivity contribution in [3.63, 3.8) is 0 Å². The molecule has 1 aromatic heterocycles. The second-order valence-electron chi connectivity index (χ2n) is 11.0. The van der Waals surface area contributed by atoms with E-state index in [9.17, 15) is 9.59 Å². The van der Waals surface area contributed by atoms with Gasteiger partial charge in [-0.15, -0.1) is 0 Å². The fourth-order valence-corrected chi connectivity index (χ4v) is 5.92. The van der Waals surface area contributed by atoms with Crippen molar-refractivity contribution in [2.75, 3.05) is 38.7 Å². The smallest absolute Gasteiger partial charge is 0.319 e. The van der Waals surface area contributed by atoms with Gasteiger partial charge in [0.15, 0.2) is 0 Å². The minimum Gasteiger partial charge on any atom is -0.385 e. The van der Waals surface area contributed by atoms with E-state index in [1.165, 1.54) is 22.2 Å². The van der Waals surface area contributed by atoms with Crippen LogP contribution in [0.2, 0.25) is 0 Å². The number of anilines is 1. The van der Waals surface area contributed by atoms with Gasteiger partial charge in [0.05, 0.1) is 0 Å². The van der Waals surface area contributed by atoms with Crippen LogP contribution < -0.4 is 16.4 Å². The van der Waals surface area contributed by atoms with Crippen molar-refractivity contribution in [2.45, 2.75) is 70.9 Å². The van der Waals surface area contributed by atoms with Gasteiger partial charge in [0.1, 0.15) is 0 Å². The molecule has 4 N–H and O–H groups in total. The summed E-state index contributed by atoms with van der Waals surface area (Å²) in [5.41, 5.74) is 12.2. The zero-order valence-corrected chi connectivity index (χ0v) is 24.2. The van der Waals surface area contributed by atoms with E-state index in [0.717, 1.165) is 63.2 Å². The first-order valence-electron chi connectivity index (χ1n) is 14.6. The summed E-state index contributed by atoms with van der Waals surface area (Å²) in [4.78, 5) is 27.2. The van der Waals surface area contributed by atoms with Gasteiger partial charge in [0.2, 0.25) is 5.91 Å². The fourth-order valence-electron chi connectivity index (χ4n) is 5.92. The highest BCUT2D eigenvalue weighted by Gasteiger charge is 2.29. The number of carbonyl (C=O) groups is 2. The van der Waals surface area contributed by atoms with Crippen LogP contribution in [0.5, 0.6) is 0 Å². The summed E-state index contributed by atoms with van der Waals surface area (Å²) in [6, 6.07) is 15.8. The third kappa shape index (κ3) is 7.43. The van der Waals surface area contributed by atoms with Gasteiger partial charge < -0.3 is 30.6 Å². The molecule has 0 saturated carbocycles. The van der Waals surface area contributed by atoms with E-state index in [2.05, 4.69) is 46.4 Å². The van der Waals surface area contributed by atoms with Crippen molar-refractivity contribution in [1.29, 1.82) is 0 Å². The Morgan fingerprint density at radius 3 is 2.67 bits per heavy atom. The van der Waals surface area contributed by atoms with Crippen LogP contribution in [0.25, 0.3) is 10.9 Å². The molecular weight excluding hydrogens is 502 g/mol. The van der Waals surface area contributed by atoms with Crippen LogP contribution in [-0.2, 0) is 22.5 Å². The molecule has 8 nitrogen and oxygen atoms in total. The molecule has 0 radical (unpaired) electrons.